The lowest BCUT2D eigenvalue weighted by Gasteiger charge is -2.26. The topological polar surface area (TPSA) is 34.5 Å². The third kappa shape index (κ3) is 4.70. The van der Waals surface area contributed by atoms with E-state index in [4.69, 9.17) is 37.6 Å². The molecular formula is C50H32N2O2. The van der Waals surface area contributed by atoms with Gasteiger partial charge in [-0.3, -0.25) is 4.57 Å². The number of hydrogen-bond donors (Lipinski definition) is 0. The molecule has 0 radical (unpaired) electrons. The molecule has 4 heteroatoms. The first-order chi connectivity index (χ1) is 39.3. The van der Waals surface area contributed by atoms with Crippen LogP contribution in [-0.4, -0.2) is 4.57 Å². The number of nitrogens with zero attached hydrogens (tertiary/aromatic N) is 2. The number of aromatic nitrogens is 1. The van der Waals surface area contributed by atoms with Gasteiger partial charge in [-0.05, 0) is 71.1 Å². The maximum absolute atomic E-state index is 9.80. The van der Waals surface area contributed by atoms with Gasteiger partial charge in [-0.1, -0.05) is 139 Å². The van der Waals surface area contributed by atoms with Crippen LogP contribution in [0.1, 0.15) is 41.1 Å². The lowest BCUT2D eigenvalue weighted by Crippen LogP contribution is -2.10. The number of para-hydroxylation sites is 5. The van der Waals surface area contributed by atoms with E-state index in [1.807, 2.05) is 0 Å². The Morgan fingerprint density at radius 1 is 0.444 bits per heavy atom. The molecule has 0 fully saturated rings. The quantitative estimate of drug-likeness (QED) is 0.171. The molecule has 0 saturated carbocycles. The molecule has 11 rings (SSSR count). The summed E-state index contributed by atoms with van der Waals surface area (Å²) in [6, 6.07) is -25.0. The van der Waals surface area contributed by atoms with Crippen LogP contribution >= 0.6 is 0 Å². The predicted molar refractivity (Wildman–Crippen MR) is 223 cm³/mol. The lowest BCUT2D eigenvalue weighted by atomic mass is 10.0. The van der Waals surface area contributed by atoms with E-state index in [2.05, 4.69) is 0 Å². The molecule has 0 bridgehead atoms. The highest BCUT2D eigenvalue weighted by atomic mass is 16.3. The highest BCUT2D eigenvalue weighted by Crippen LogP contribution is 2.45. The molecule has 0 amide bonds. The molecule has 54 heavy (non-hydrogen) atoms. The molecule has 0 spiro atoms. The summed E-state index contributed by atoms with van der Waals surface area (Å²) in [5, 5.41) is -2.44. The van der Waals surface area contributed by atoms with E-state index in [9.17, 15) is 12.3 Å². The van der Waals surface area contributed by atoms with Gasteiger partial charge in [0.1, 0.15) is 11.2 Å². The Labute approximate surface area is 353 Å². The van der Waals surface area contributed by atoms with E-state index in [0.29, 0.717) is 4.90 Å². The van der Waals surface area contributed by atoms with E-state index in [1.54, 1.807) is 0 Å². The smallest absolute Gasteiger partial charge is 0.213 e. The average Bonchev–Trinajstić information content (AvgIpc) is 2.14. The van der Waals surface area contributed by atoms with Crippen LogP contribution in [0.3, 0.4) is 0 Å². The minimum atomic E-state index is -1.16. The normalized spacial score (nSPS) is 19.5. The number of hydrogen-bond acceptors (Lipinski definition) is 3. The van der Waals surface area contributed by atoms with Crippen LogP contribution in [0, 0.1) is 0 Å². The third-order valence-electron chi connectivity index (χ3n) is 8.52. The predicted octanol–water partition coefficient (Wildman–Crippen LogP) is 14.2. The first-order valence-electron chi connectivity index (χ1n) is 30.8. The molecule has 0 atom stereocenters. The number of furan rings is 2. The lowest BCUT2D eigenvalue weighted by molar-refractivity contribution is 0.646. The van der Waals surface area contributed by atoms with Crippen molar-refractivity contribution in [2.75, 3.05) is 4.90 Å². The average molecular weight is 723 g/mol. The molecule has 3 aromatic heterocycles. The Morgan fingerprint density at radius 2 is 1.11 bits per heavy atom. The van der Waals surface area contributed by atoms with Crippen molar-refractivity contribution in [1.29, 1.82) is 0 Å². The molecule has 3 heterocycles. The van der Waals surface area contributed by atoms with Gasteiger partial charge >= 0.3 is 0 Å². The molecule has 0 aliphatic rings. The molecule has 254 valence electrons. The summed E-state index contributed by atoms with van der Waals surface area (Å²) in [7, 11) is 0. The van der Waals surface area contributed by atoms with Crippen molar-refractivity contribution in [3.63, 3.8) is 0 Å². The standard InChI is InChI=1S/C50H32N2O2/c1-3-13-33(14-4-1)34-25-29-37(30-26-34)51(45-23-12-20-41-40-17-8-10-24-46(40)53-49(41)45)38-31-27-35(28-32-38)39-19-11-21-43-47-42-18-7-9-22-44(42)52(50(47)54-48(39)43)36-15-5-2-6-16-36/h1-32H/i1D,2D,3D,4D,5D,6D,7D,8D,9D,10D,11D,12D,13D,14D,15D,16D,17D,18D,19D,20D,21D,22D,23D,24D,25D,27D,28D,29D,31D,32D. The van der Waals surface area contributed by atoms with Crippen molar-refractivity contribution in [3.05, 3.63) is 193 Å². The van der Waals surface area contributed by atoms with Crippen LogP contribution < -0.4 is 4.90 Å². The molecule has 0 unspecified atom stereocenters. The second-order valence-corrected chi connectivity index (χ2v) is 11.4. The summed E-state index contributed by atoms with van der Waals surface area (Å²) >= 11 is 0. The van der Waals surface area contributed by atoms with E-state index in [0.717, 1.165) is 16.7 Å². The van der Waals surface area contributed by atoms with Crippen LogP contribution in [0.25, 0.3) is 82.9 Å². The third-order valence-corrected chi connectivity index (χ3v) is 8.52. The van der Waals surface area contributed by atoms with Crippen molar-refractivity contribution in [2.24, 2.45) is 0 Å². The second kappa shape index (κ2) is 12.1. The number of fused-ring (bicyclic) bond motifs is 8. The van der Waals surface area contributed by atoms with Crippen LogP contribution in [0.4, 0.5) is 17.1 Å². The van der Waals surface area contributed by atoms with Crippen LogP contribution in [-0.2, 0) is 0 Å². The molecule has 8 aromatic carbocycles. The largest absolute Gasteiger partial charge is 0.454 e. The summed E-state index contributed by atoms with van der Waals surface area (Å²) in [4.78, 5) is 0.640. The summed E-state index contributed by atoms with van der Waals surface area (Å²) in [6.45, 7) is 0. The van der Waals surface area contributed by atoms with Crippen molar-refractivity contribution >= 4 is 72.0 Å². The summed E-state index contributed by atoms with van der Waals surface area (Å²) < 4.78 is 281. The number of anilines is 3. The Hall–Kier alpha value is -7.30. The van der Waals surface area contributed by atoms with Crippen LogP contribution in [0.5, 0.6) is 0 Å². The first kappa shape index (κ1) is 13.0. The minimum absolute atomic E-state index is 0.429. The van der Waals surface area contributed by atoms with Crippen molar-refractivity contribution < 1.29 is 50.0 Å². The Balaban J connectivity index is 1.29. The van der Waals surface area contributed by atoms with Gasteiger partial charge in [-0.25, -0.2) is 0 Å². The summed E-state index contributed by atoms with van der Waals surface area (Å²) in [6.07, 6.45) is 0. The molecule has 0 aliphatic heterocycles. The number of rotatable bonds is 6. The fourth-order valence-corrected chi connectivity index (χ4v) is 6.22. The van der Waals surface area contributed by atoms with Crippen molar-refractivity contribution in [2.45, 2.75) is 0 Å². The molecule has 0 N–H and O–H groups in total. The minimum Gasteiger partial charge on any atom is -0.454 e. The van der Waals surface area contributed by atoms with Gasteiger partial charge < -0.3 is 13.7 Å². The van der Waals surface area contributed by atoms with Gasteiger partial charge in [-0.15, -0.1) is 0 Å². The van der Waals surface area contributed by atoms with Gasteiger partial charge in [0, 0.05) is 44.2 Å². The van der Waals surface area contributed by atoms with Crippen LogP contribution in [0.2, 0.25) is 0 Å². The molecule has 0 aliphatic carbocycles. The zero-order chi connectivity index (χ0) is 61.7. The molecule has 11 aromatic rings. The van der Waals surface area contributed by atoms with Crippen molar-refractivity contribution in [1.82, 2.24) is 4.57 Å². The summed E-state index contributed by atoms with van der Waals surface area (Å²) in [5.41, 5.74) is -8.98. The fourth-order valence-electron chi connectivity index (χ4n) is 6.22. The Morgan fingerprint density at radius 3 is 1.96 bits per heavy atom. The van der Waals surface area contributed by atoms with E-state index in [-0.39, 0.29) is 0 Å². The number of benzene rings is 8. The zero-order valence-corrected chi connectivity index (χ0v) is 26.9. The molecule has 0 saturated heterocycles. The van der Waals surface area contributed by atoms with Gasteiger partial charge in [-0.2, -0.15) is 0 Å². The van der Waals surface area contributed by atoms with Gasteiger partial charge in [0.2, 0.25) is 5.71 Å². The molecule has 4 nitrogen and oxygen atoms in total. The monoisotopic (exact) mass is 722 g/mol. The highest BCUT2D eigenvalue weighted by Gasteiger charge is 2.22. The van der Waals surface area contributed by atoms with E-state index < -0.39 is 281 Å². The first-order valence-corrected chi connectivity index (χ1v) is 15.8. The SMILES string of the molecule is [2H]c1c(-c2c([2H])c([2H])c([2H])c([2H])c2[2H])ccc(N(c2c([2H])c([2H])c(-c3c([2H])c([2H])c([2H])c4c3oc3c4c4c([2H])c([2H])c([2H])c([2H])c4n3-c3c([2H])c([2H])c([2H])c([2H])c3[2H])c([2H])c2[2H])c2c([2H])c([2H])c([2H])c3c2oc2c([2H])c([2H])c([2H])c([2H])c23)c1[2H]. The van der Waals surface area contributed by atoms with Crippen LogP contribution in [0.15, 0.2) is 202 Å². The maximum atomic E-state index is 9.80. The fraction of sp³-hybridized carbons (Fsp3) is 0. The van der Waals surface area contributed by atoms with E-state index in [1.165, 1.54) is 0 Å². The van der Waals surface area contributed by atoms with Gasteiger partial charge in [0.05, 0.1) is 57.7 Å². The second-order valence-electron chi connectivity index (χ2n) is 11.4. The molecular weight excluding hydrogens is 661 g/mol. The Bertz CT molecular complexity index is 4840. The van der Waals surface area contributed by atoms with Gasteiger partial charge in [0.15, 0.2) is 5.58 Å². The van der Waals surface area contributed by atoms with Crippen molar-refractivity contribution in [3.8, 4) is 27.9 Å². The van der Waals surface area contributed by atoms with Gasteiger partial charge in [0.25, 0.3) is 0 Å². The zero-order valence-electron chi connectivity index (χ0n) is 56.9. The highest BCUT2D eigenvalue weighted by molar-refractivity contribution is 6.21. The summed E-state index contributed by atoms with van der Waals surface area (Å²) in [5.74, 6) is 0. The van der Waals surface area contributed by atoms with E-state index >= 15 is 0 Å². The maximum Gasteiger partial charge on any atom is 0.213 e. The Kier molecular flexibility index (Phi) is 2.92.